The normalized spacial score (nSPS) is 23.7. The van der Waals surface area contributed by atoms with Crippen molar-refractivity contribution in [1.82, 2.24) is 5.32 Å². The van der Waals surface area contributed by atoms with Gasteiger partial charge < -0.3 is 10.1 Å². The van der Waals surface area contributed by atoms with Gasteiger partial charge in [-0.15, -0.1) is 0 Å². The highest BCUT2D eigenvalue weighted by Crippen LogP contribution is 2.44. The van der Waals surface area contributed by atoms with Gasteiger partial charge in [-0.05, 0) is 38.5 Å². The van der Waals surface area contributed by atoms with E-state index in [9.17, 15) is 0 Å². The minimum atomic E-state index is 0.477. The number of nitrogens with one attached hydrogen (secondary N) is 1. The van der Waals surface area contributed by atoms with Gasteiger partial charge in [0.1, 0.15) is 0 Å². The molecule has 0 aromatic rings. The molecule has 2 nitrogen and oxygen atoms in total. The van der Waals surface area contributed by atoms with E-state index in [4.69, 9.17) is 4.74 Å². The molecule has 0 atom stereocenters. The Bertz CT molecular complexity index is 277. The highest BCUT2D eigenvalue weighted by molar-refractivity contribution is 5.18. The Kier molecular flexibility index (Phi) is 6.39. The van der Waals surface area contributed by atoms with E-state index in [0.717, 1.165) is 13.2 Å². The van der Waals surface area contributed by atoms with Gasteiger partial charge in [-0.2, -0.15) is 0 Å². The van der Waals surface area contributed by atoms with Crippen molar-refractivity contribution in [1.29, 1.82) is 0 Å². The van der Waals surface area contributed by atoms with Crippen molar-refractivity contribution in [3.8, 4) is 0 Å². The first-order valence-electron chi connectivity index (χ1n) is 8.27. The van der Waals surface area contributed by atoms with Gasteiger partial charge in [0.25, 0.3) is 0 Å². The third-order valence-corrected chi connectivity index (χ3v) is 4.98. The summed E-state index contributed by atoms with van der Waals surface area (Å²) >= 11 is 0. The summed E-state index contributed by atoms with van der Waals surface area (Å²) < 4.78 is 5.16. The monoisotopic (exact) mass is 265 g/mol. The van der Waals surface area contributed by atoms with Crippen molar-refractivity contribution in [3.05, 3.63) is 11.6 Å². The summed E-state index contributed by atoms with van der Waals surface area (Å²) in [7, 11) is 1.78. The van der Waals surface area contributed by atoms with E-state index in [1.165, 1.54) is 70.8 Å². The first-order chi connectivity index (χ1) is 9.37. The molecule has 19 heavy (non-hydrogen) atoms. The predicted octanol–water partition coefficient (Wildman–Crippen LogP) is 4.06. The summed E-state index contributed by atoms with van der Waals surface area (Å²) in [6.07, 6.45) is 16.6. The molecule has 0 radical (unpaired) electrons. The minimum Gasteiger partial charge on any atom is -0.383 e. The van der Waals surface area contributed by atoms with Crippen LogP contribution in [0.2, 0.25) is 0 Å². The van der Waals surface area contributed by atoms with Crippen molar-refractivity contribution in [2.24, 2.45) is 5.41 Å². The highest BCUT2D eigenvalue weighted by Gasteiger charge is 2.34. The molecular weight excluding hydrogens is 234 g/mol. The number of allylic oxidation sites excluding steroid dienone is 1. The van der Waals surface area contributed by atoms with Crippen LogP contribution in [0, 0.1) is 5.41 Å². The second-order valence-corrected chi connectivity index (χ2v) is 6.34. The zero-order valence-electron chi connectivity index (χ0n) is 12.7. The van der Waals surface area contributed by atoms with Gasteiger partial charge >= 0.3 is 0 Å². The van der Waals surface area contributed by atoms with E-state index in [1.54, 1.807) is 12.7 Å². The zero-order chi connectivity index (χ0) is 13.4. The van der Waals surface area contributed by atoms with E-state index >= 15 is 0 Å². The molecule has 0 spiro atoms. The van der Waals surface area contributed by atoms with Crippen molar-refractivity contribution < 1.29 is 4.74 Å². The van der Waals surface area contributed by atoms with Gasteiger partial charge in [0, 0.05) is 25.6 Å². The lowest BCUT2D eigenvalue weighted by atomic mass is 9.70. The fraction of sp³-hybridized carbons (Fsp3) is 0.882. The first-order valence-corrected chi connectivity index (χ1v) is 8.27. The lowest BCUT2D eigenvalue weighted by Crippen LogP contribution is -2.37. The van der Waals surface area contributed by atoms with Gasteiger partial charge in [-0.3, -0.25) is 0 Å². The Morgan fingerprint density at radius 3 is 2.53 bits per heavy atom. The number of ether oxygens (including phenoxy) is 1. The number of hydrogen-bond acceptors (Lipinski definition) is 2. The number of methoxy groups -OCH3 is 1. The smallest absolute Gasteiger partial charge is 0.0587 e. The maximum Gasteiger partial charge on any atom is 0.0587 e. The molecule has 0 unspecified atom stereocenters. The van der Waals surface area contributed by atoms with Crippen molar-refractivity contribution >= 4 is 0 Å². The predicted molar refractivity (Wildman–Crippen MR) is 81.4 cm³/mol. The van der Waals surface area contributed by atoms with Crippen LogP contribution in [0.3, 0.4) is 0 Å². The molecular formula is C17H31NO. The second kappa shape index (κ2) is 8.06. The average molecular weight is 265 g/mol. The topological polar surface area (TPSA) is 21.3 Å². The summed E-state index contributed by atoms with van der Waals surface area (Å²) in [6, 6.07) is 0. The van der Waals surface area contributed by atoms with Crippen LogP contribution in [0.25, 0.3) is 0 Å². The molecule has 110 valence electrons. The zero-order valence-corrected chi connectivity index (χ0v) is 12.7. The van der Waals surface area contributed by atoms with E-state index in [0.29, 0.717) is 5.41 Å². The molecule has 0 aromatic carbocycles. The quantitative estimate of drug-likeness (QED) is 0.444. The molecule has 1 N–H and O–H groups in total. The molecule has 2 aliphatic carbocycles. The summed E-state index contributed by atoms with van der Waals surface area (Å²) in [5, 5.41) is 3.66. The van der Waals surface area contributed by atoms with Gasteiger partial charge in [-0.25, -0.2) is 0 Å². The Balaban J connectivity index is 2.00. The second-order valence-electron chi connectivity index (χ2n) is 6.34. The Labute approximate surface area is 119 Å². The molecule has 1 saturated carbocycles. The first kappa shape index (κ1) is 15.1. The van der Waals surface area contributed by atoms with E-state index in [1.807, 2.05) is 0 Å². The van der Waals surface area contributed by atoms with Crippen LogP contribution in [0.15, 0.2) is 11.6 Å². The van der Waals surface area contributed by atoms with Crippen molar-refractivity contribution in [3.63, 3.8) is 0 Å². The summed E-state index contributed by atoms with van der Waals surface area (Å²) in [5.74, 6) is 0. The fourth-order valence-corrected chi connectivity index (χ4v) is 3.84. The SMILES string of the molecule is COCCNCC1(C2=CCCCC2)CCCCCC1. The Morgan fingerprint density at radius 1 is 1.11 bits per heavy atom. The Morgan fingerprint density at radius 2 is 1.89 bits per heavy atom. The maximum atomic E-state index is 5.16. The molecule has 2 aliphatic rings. The standard InChI is InChI=1S/C17H31NO/c1-19-14-13-18-15-17(11-7-2-3-8-12-17)16-9-5-4-6-10-16/h9,18H,2-8,10-15H2,1H3. The van der Waals surface area contributed by atoms with Crippen LogP contribution in [0.1, 0.15) is 64.2 Å². The molecule has 0 bridgehead atoms. The molecule has 0 saturated heterocycles. The molecule has 0 heterocycles. The molecule has 0 aliphatic heterocycles. The summed E-state index contributed by atoms with van der Waals surface area (Å²) in [5.41, 5.74) is 2.26. The van der Waals surface area contributed by atoms with Crippen molar-refractivity contribution in [2.45, 2.75) is 64.2 Å². The van der Waals surface area contributed by atoms with Gasteiger partial charge in [0.2, 0.25) is 0 Å². The van der Waals surface area contributed by atoms with E-state index < -0.39 is 0 Å². The third kappa shape index (κ3) is 4.32. The molecule has 1 fully saturated rings. The molecule has 2 rings (SSSR count). The average Bonchev–Trinajstić information content (AvgIpc) is 2.71. The van der Waals surface area contributed by atoms with Crippen LogP contribution in [0.5, 0.6) is 0 Å². The number of hydrogen-bond donors (Lipinski definition) is 1. The van der Waals surface area contributed by atoms with Crippen LogP contribution in [-0.2, 0) is 4.74 Å². The van der Waals surface area contributed by atoms with Crippen molar-refractivity contribution in [2.75, 3.05) is 26.8 Å². The molecule has 2 heteroatoms. The third-order valence-electron chi connectivity index (χ3n) is 4.98. The molecule has 0 aromatic heterocycles. The summed E-state index contributed by atoms with van der Waals surface area (Å²) in [4.78, 5) is 0. The van der Waals surface area contributed by atoms with Crippen LogP contribution in [-0.4, -0.2) is 26.8 Å². The number of rotatable bonds is 6. The minimum absolute atomic E-state index is 0.477. The lowest BCUT2D eigenvalue weighted by molar-refractivity contribution is 0.190. The maximum absolute atomic E-state index is 5.16. The van der Waals surface area contributed by atoms with Crippen LogP contribution < -0.4 is 5.32 Å². The molecule has 0 amide bonds. The fourth-order valence-electron chi connectivity index (χ4n) is 3.84. The van der Waals surface area contributed by atoms with Gasteiger partial charge in [0.05, 0.1) is 6.61 Å². The van der Waals surface area contributed by atoms with E-state index in [2.05, 4.69) is 11.4 Å². The van der Waals surface area contributed by atoms with E-state index in [-0.39, 0.29) is 0 Å². The van der Waals surface area contributed by atoms with Crippen LogP contribution >= 0.6 is 0 Å². The van der Waals surface area contributed by atoms with Crippen LogP contribution in [0.4, 0.5) is 0 Å². The summed E-state index contributed by atoms with van der Waals surface area (Å²) in [6.45, 7) is 2.99. The van der Waals surface area contributed by atoms with Gasteiger partial charge in [-0.1, -0.05) is 37.3 Å². The largest absolute Gasteiger partial charge is 0.383 e. The lowest BCUT2D eigenvalue weighted by Gasteiger charge is -2.38. The van der Waals surface area contributed by atoms with Gasteiger partial charge in [0.15, 0.2) is 0 Å². The highest BCUT2D eigenvalue weighted by atomic mass is 16.5. The Hall–Kier alpha value is -0.340.